The van der Waals surface area contributed by atoms with Crippen LogP contribution < -0.4 is 0 Å². The van der Waals surface area contributed by atoms with Crippen LogP contribution in [0.2, 0.25) is 0 Å². The second-order valence-electron chi connectivity index (χ2n) is 5.74. The summed E-state index contributed by atoms with van der Waals surface area (Å²) in [5.41, 5.74) is 0.310. The van der Waals surface area contributed by atoms with Gasteiger partial charge in [0, 0.05) is 18.8 Å². The summed E-state index contributed by atoms with van der Waals surface area (Å²) in [5.74, 6) is 3.66. The van der Waals surface area contributed by atoms with Gasteiger partial charge in [-0.2, -0.15) is 5.10 Å². The van der Waals surface area contributed by atoms with Gasteiger partial charge >= 0.3 is 0 Å². The van der Waals surface area contributed by atoms with Crippen LogP contribution in [0, 0.1) is 17.3 Å². The molecule has 3 rings (SSSR count). The molecule has 2 bridgehead atoms. The van der Waals surface area contributed by atoms with Crippen LogP contribution in [0.3, 0.4) is 0 Å². The summed E-state index contributed by atoms with van der Waals surface area (Å²) >= 11 is 6.31. The van der Waals surface area contributed by atoms with Crippen LogP contribution in [0.4, 0.5) is 0 Å². The molecule has 0 N–H and O–H groups in total. The van der Waals surface area contributed by atoms with Crippen molar-refractivity contribution in [2.45, 2.75) is 45.6 Å². The van der Waals surface area contributed by atoms with E-state index >= 15 is 0 Å². The Morgan fingerprint density at radius 1 is 1.53 bits per heavy atom. The zero-order valence-electron chi connectivity index (χ0n) is 10.4. The minimum atomic E-state index is 0.310. The highest BCUT2D eigenvalue weighted by Crippen LogP contribution is 2.57. The Balaban J connectivity index is 1.83. The molecule has 2 aliphatic carbocycles. The predicted octanol–water partition coefficient (Wildman–Crippen LogP) is 2.89. The van der Waals surface area contributed by atoms with E-state index in [-0.39, 0.29) is 0 Å². The number of halogens is 1. The van der Waals surface area contributed by atoms with Gasteiger partial charge in [-0.05, 0) is 43.4 Å². The Kier molecular flexibility index (Phi) is 2.89. The third-order valence-electron chi connectivity index (χ3n) is 4.87. The summed E-state index contributed by atoms with van der Waals surface area (Å²) in [7, 11) is 0. The van der Waals surface area contributed by atoms with E-state index in [1.807, 2.05) is 4.68 Å². The average molecular weight is 254 g/mol. The second kappa shape index (κ2) is 4.27. The maximum Gasteiger partial charge on any atom is 0.138 e. The Bertz CT molecular complexity index is 403. The van der Waals surface area contributed by atoms with E-state index in [1.165, 1.54) is 25.7 Å². The Morgan fingerprint density at radius 2 is 2.41 bits per heavy atom. The van der Waals surface area contributed by atoms with E-state index in [9.17, 15) is 0 Å². The fourth-order valence-electron chi connectivity index (χ4n) is 3.99. The van der Waals surface area contributed by atoms with Crippen LogP contribution in [-0.4, -0.2) is 20.6 Å². The molecule has 0 saturated heterocycles. The van der Waals surface area contributed by atoms with Crippen molar-refractivity contribution in [1.82, 2.24) is 14.8 Å². The van der Waals surface area contributed by atoms with Gasteiger partial charge in [0.2, 0.25) is 0 Å². The van der Waals surface area contributed by atoms with Crippen molar-refractivity contribution >= 4 is 11.6 Å². The molecule has 3 nitrogen and oxygen atoms in total. The van der Waals surface area contributed by atoms with E-state index in [0.717, 1.165) is 36.5 Å². The first kappa shape index (κ1) is 11.5. The van der Waals surface area contributed by atoms with Gasteiger partial charge in [-0.25, -0.2) is 4.98 Å². The van der Waals surface area contributed by atoms with Crippen molar-refractivity contribution < 1.29 is 0 Å². The summed E-state index contributed by atoms with van der Waals surface area (Å²) in [6.45, 7) is 3.02. The van der Waals surface area contributed by atoms with Gasteiger partial charge < -0.3 is 0 Å². The highest BCUT2D eigenvalue weighted by Gasteiger charge is 2.50. The summed E-state index contributed by atoms with van der Waals surface area (Å²) < 4.78 is 2.01. The number of aromatic nitrogens is 3. The van der Waals surface area contributed by atoms with Crippen LogP contribution in [0.15, 0.2) is 6.33 Å². The summed E-state index contributed by atoms with van der Waals surface area (Å²) in [6.07, 6.45) is 8.19. The van der Waals surface area contributed by atoms with Crippen molar-refractivity contribution in [2.75, 3.05) is 5.88 Å². The van der Waals surface area contributed by atoms with E-state index in [2.05, 4.69) is 17.0 Å². The van der Waals surface area contributed by atoms with Crippen molar-refractivity contribution in [2.24, 2.45) is 17.3 Å². The number of aryl methyl sites for hydroxylation is 1. The Hall–Kier alpha value is -0.570. The Morgan fingerprint density at radius 3 is 3.00 bits per heavy atom. The van der Waals surface area contributed by atoms with Crippen molar-refractivity contribution in [1.29, 1.82) is 0 Å². The predicted molar refractivity (Wildman–Crippen MR) is 68.0 cm³/mol. The van der Waals surface area contributed by atoms with Crippen molar-refractivity contribution in [3.05, 3.63) is 12.2 Å². The monoisotopic (exact) mass is 253 g/mol. The van der Waals surface area contributed by atoms with Crippen LogP contribution in [0.5, 0.6) is 0 Å². The Labute approximate surface area is 108 Å². The van der Waals surface area contributed by atoms with E-state index in [4.69, 9.17) is 11.6 Å². The zero-order chi connectivity index (χ0) is 11.9. The second-order valence-corrected chi connectivity index (χ2v) is 6.01. The topological polar surface area (TPSA) is 30.7 Å². The van der Waals surface area contributed by atoms with Crippen LogP contribution in [0.1, 0.15) is 38.4 Å². The minimum Gasteiger partial charge on any atom is -0.250 e. The number of hydrogen-bond donors (Lipinski definition) is 0. The molecular weight excluding hydrogens is 234 g/mol. The largest absolute Gasteiger partial charge is 0.250 e. The third-order valence-corrected chi connectivity index (χ3v) is 5.41. The van der Waals surface area contributed by atoms with Gasteiger partial charge in [0.15, 0.2) is 0 Å². The fraction of sp³-hybridized carbons (Fsp3) is 0.846. The molecule has 17 heavy (non-hydrogen) atoms. The lowest BCUT2D eigenvalue weighted by molar-refractivity contribution is 0.187. The third kappa shape index (κ3) is 1.79. The van der Waals surface area contributed by atoms with Crippen LogP contribution in [-0.2, 0) is 13.0 Å². The van der Waals surface area contributed by atoms with Gasteiger partial charge in [-0.15, -0.1) is 11.6 Å². The molecule has 0 radical (unpaired) electrons. The normalized spacial score (nSPS) is 35.6. The zero-order valence-corrected chi connectivity index (χ0v) is 11.2. The first-order valence-electron chi connectivity index (χ1n) is 6.70. The smallest absolute Gasteiger partial charge is 0.138 e. The number of rotatable bonds is 4. The lowest BCUT2D eigenvalue weighted by atomic mass is 9.72. The van der Waals surface area contributed by atoms with E-state index < -0.39 is 0 Å². The molecule has 0 spiro atoms. The van der Waals surface area contributed by atoms with E-state index in [1.54, 1.807) is 6.33 Å². The molecule has 4 heteroatoms. The standard InChI is InChI=1S/C13H20ClN3/c1-2-17-12(15-9-16-17)7-13(8-14)6-10-3-4-11(13)5-10/h9-11H,2-8H2,1H3. The molecule has 2 aliphatic rings. The summed E-state index contributed by atoms with van der Waals surface area (Å²) in [4.78, 5) is 4.42. The number of hydrogen-bond acceptors (Lipinski definition) is 2. The highest BCUT2D eigenvalue weighted by atomic mass is 35.5. The quantitative estimate of drug-likeness (QED) is 0.773. The van der Waals surface area contributed by atoms with Crippen molar-refractivity contribution in [3.63, 3.8) is 0 Å². The SMILES string of the molecule is CCn1ncnc1CC1(CCl)CC2CCC1C2. The maximum absolute atomic E-state index is 6.31. The van der Waals surface area contributed by atoms with Gasteiger partial charge in [-0.3, -0.25) is 4.68 Å². The van der Waals surface area contributed by atoms with Gasteiger partial charge in [0.1, 0.15) is 12.2 Å². The number of fused-ring (bicyclic) bond motifs is 2. The molecule has 3 atom stereocenters. The number of nitrogens with zero attached hydrogens (tertiary/aromatic N) is 3. The lowest BCUT2D eigenvalue weighted by Gasteiger charge is -2.35. The van der Waals surface area contributed by atoms with Crippen LogP contribution >= 0.6 is 11.6 Å². The first-order valence-corrected chi connectivity index (χ1v) is 7.23. The lowest BCUT2D eigenvalue weighted by Crippen LogP contribution is -2.33. The fourth-order valence-corrected chi connectivity index (χ4v) is 4.41. The molecule has 0 aromatic carbocycles. The van der Waals surface area contributed by atoms with Gasteiger partial charge in [0.05, 0.1) is 0 Å². The molecule has 1 aromatic heterocycles. The average Bonchev–Trinajstić information content (AvgIpc) is 3.03. The maximum atomic E-state index is 6.31. The molecule has 1 heterocycles. The minimum absolute atomic E-state index is 0.310. The number of alkyl halides is 1. The van der Waals surface area contributed by atoms with Gasteiger partial charge in [-0.1, -0.05) is 6.42 Å². The summed E-state index contributed by atoms with van der Waals surface area (Å²) in [5, 5.41) is 4.27. The van der Waals surface area contributed by atoms with Gasteiger partial charge in [0.25, 0.3) is 0 Å². The molecule has 94 valence electrons. The molecule has 2 fully saturated rings. The van der Waals surface area contributed by atoms with Crippen LogP contribution in [0.25, 0.3) is 0 Å². The molecule has 3 unspecified atom stereocenters. The molecule has 1 aromatic rings. The molecule has 2 saturated carbocycles. The molecular formula is C13H20ClN3. The molecule has 0 amide bonds. The first-order chi connectivity index (χ1) is 8.27. The highest BCUT2D eigenvalue weighted by molar-refractivity contribution is 6.18. The summed E-state index contributed by atoms with van der Waals surface area (Å²) in [6, 6.07) is 0. The molecule has 0 aliphatic heterocycles. The van der Waals surface area contributed by atoms with Crippen molar-refractivity contribution in [3.8, 4) is 0 Å². The van der Waals surface area contributed by atoms with E-state index in [0.29, 0.717) is 5.41 Å².